The van der Waals surface area contributed by atoms with Crippen LogP contribution in [0, 0.1) is 0 Å². The number of aliphatic hydroxyl groups excluding tert-OH is 2. The molecule has 2 heterocycles. The second-order valence-electron chi connectivity index (χ2n) is 9.76. The maximum Gasteiger partial charge on any atom is 0.343 e. The maximum atomic E-state index is 13.6. The van der Waals surface area contributed by atoms with E-state index in [0.29, 0.717) is 24.3 Å². The number of aromatic hydroxyl groups is 9. The Morgan fingerprint density at radius 2 is 1.11 bits per heavy atom. The molecule has 0 bridgehead atoms. The zero-order valence-electron chi connectivity index (χ0n) is 22.2. The highest BCUT2D eigenvalue weighted by Gasteiger charge is 2.53. The van der Waals surface area contributed by atoms with E-state index in [2.05, 4.69) is 0 Å². The van der Waals surface area contributed by atoms with Gasteiger partial charge in [-0.3, -0.25) is 0 Å². The van der Waals surface area contributed by atoms with E-state index < -0.39 is 135 Å². The third-order valence-corrected chi connectivity index (χ3v) is 7.02. The zero-order chi connectivity index (χ0) is 33.1. The van der Waals surface area contributed by atoms with E-state index in [1.165, 1.54) is 0 Å². The molecule has 11 N–H and O–H groups in total. The van der Waals surface area contributed by atoms with Crippen molar-refractivity contribution in [1.82, 2.24) is 0 Å². The normalized spacial score (nSPS) is 22.7. The molecule has 0 unspecified atom stereocenters. The number of phenolic OH excluding ortho intramolecular Hbond substituents is 9. The molecule has 0 spiro atoms. The highest BCUT2D eigenvalue weighted by molar-refractivity contribution is 6.08. The lowest BCUT2D eigenvalue weighted by Crippen LogP contribution is -2.62. The summed E-state index contributed by atoms with van der Waals surface area (Å²) in [7, 11) is 0. The molecular weight excluding hydrogens is 612 g/mol. The predicted molar refractivity (Wildman–Crippen MR) is 139 cm³/mol. The Morgan fingerprint density at radius 1 is 0.667 bits per heavy atom. The van der Waals surface area contributed by atoms with E-state index in [1.54, 1.807) is 0 Å². The number of esters is 3. The molecule has 45 heavy (non-hydrogen) atoms. The van der Waals surface area contributed by atoms with Crippen molar-refractivity contribution >= 4 is 17.9 Å². The van der Waals surface area contributed by atoms with Crippen LogP contribution in [-0.2, 0) is 18.9 Å². The molecule has 1 saturated heterocycles. The first-order chi connectivity index (χ1) is 21.2. The van der Waals surface area contributed by atoms with Crippen LogP contribution in [0.2, 0.25) is 0 Å². The summed E-state index contributed by atoms with van der Waals surface area (Å²) in [6.45, 7) is -1.02. The molecule has 18 nitrogen and oxygen atoms in total. The third kappa shape index (κ3) is 4.97. The lowest BCUT2D eigenvalue weighted by molar-refractivity contribution is -0.283. The summed E-state index contributed by atoms with van der Waals surface area (Å²) in [5.74, 6) is -14.8. The van der Waals surface area contributed by atoms with Crippen molar-refractivity contribution in [2.45, 2.75) is 30.7 Å². The fourth-order valence-corrected chi connectivity index (χ4v) is 4.78. The van der Waals surface area contributed by atoms with Gasteiger partial charge in [-0.25, -0.2) is 14.4 Å². The Bertz CT molecular complexity index is 1730. The first-order valence-corrected chi connectivity index (χ1v) is 12.5. The van der Waals surface area contributed by atoms with Crippen LogP contribution in [0.15, 0.2) is 24.3 Å². The topological polar surface area (TPSA) is 311 Å². The van der Waals surface area contributed by atoms with Gasteiger partial charge in [0.15, 0.2) is 46.4 Å². The number of phenols is 9. The Labute approximate surface area is 248 Å². The summed E-state index contributed by atoms with van der Waals surface area (Å²) < 4.78 is 21.2. The second-order valence-corrected chi connectivity index (χ2v) is 9.76. The van der Waals surface area contributed by atoms with Gasteiger partial charge in [-0.1, -0.05) is 0 Å². The number of rotatable bonds is 3. The first-order valence-electron chi connectivity index (χ1n) is 12.5. The summed E-state index contributed by atoms with van der Waals surface area (Å²) in [6.07, 6.45) is -10.3. The van der Waals surface area contributed by atoms with Crippen LogP contribution < -0.4 is 0 Å². The van der Waals surface area contributed by atoms with Crippen molar-refractivity contribution in [2.75, 3.05) is 6.61 Å². The van der Waals surface area contributed by atoms with E-state index in [0.717, 1.165) is 0 Å². The van der Waals surface area contributed by atoms with Gasteiger partial charge in [-0.15, -0.1) is 0 Å². The van der Waals surface area contributed by atoms with E-state index in [9.17, 15) is 70.6 Å². The summed E-state index contributed by atoms with van der Waals surface area (Å²) in [5.41, 5.74) is -3.93. The van der Waals surface area contributed by atoms with Crippen LogP contribution in [0.1, 0.15) is 31.1 Å². The van der Waals surface area contributed by atoms with E-state index in [1.807, 2.05) is 0 Å². The van der Waals surface area contributed by atoms with Gasteiger partial charge in [0, 0.05) is 11.1 Å². The highest BCUT2D eigenvalue weighted by atomic mass is 16.7. The Morgan fingerprint density at radius 3 is 1.58 bits per heavy atom. The SMILES string of the molecule is O=C(O[C@@H]1O[C@H](CO)[C@@H](O)[C@@H]2OC(=O)c3c(cc(O)c(O)c3O)-c3cc(O)c(O)c(O)c3C(=O)O[C@@H]12)c1cc(O)c(O)c(O)c1. The second kappa shape index (κ2) is 11.0. The van der Waals surface area contributed by atoms with Gasteiger partial charge in [0.1, 0.15) is 23.3 Å². The minimum Gasteiger partial charge on any atom is -0.504 e. The largest absolute Gasteiger partial charge is 0.504 e. The first kappa shape index (κ1) is 30.6. The molecule has 1 fully saturated rings. The molecule has 5 rings (SSSR count). The monoisotopic (exact) mass is 634 g/mol. The average Bonchev–Trinajstić information content (AvgIpc) is 2.99. The Kier molecular flexibility index (Phi) is 7.49. The number of hydrogen-bond donors (Lipinski definition) is 11. The summed E-state index contributed by atoms with van der Waals surface area (Å²) in [6, 6.07) is 2.60. The van der Waals surface area contributed by atoms with Gasteiger partial charge in [-0.2, -0.15) is 0 Å². The summed E-state index contributed by atoms with van der Waals surface area (Å²) >= 11 is 0. The number of benzene rings is 3. The summed E-state index contributed by atoms with van der Waals surface area (Å²) in [4.78, 5) is 40.0. The van der Waals surface area contributed by atoms with Crippen LogP contribution in [0.25, 0.3) is 11.1 Å². The fourth-order valence-electron chi connectivity index (χ4n) is 4.78. The third-order valence-electron chi connectivity index (χ3n) is 7.02. The lowest BCUT2D eigenvalue weighted by Gasteiger charge is -2.42. The van der Waals surface area contributed by atoms with E-state index in [-0.39, 0.29) is 0 Å². The van der Waals surface area contributed by atoms with Gasteiger partial charge >= 0.3 is 17.9 Å². The molecule has 0 amide bonds. The minimum atomic E-state index is -2.19. The number of carbonyl (C=O) groups excluding carboxylic acids is 3. The number of aliphatic hydroxyl groups is 2. The molecule has 0 saturated carbocycles. The molecule has 238 valence electrons. The number of fused-ring (bicyclic) bond motifs is 4. The van der Waals surface area contributed by atoms with Crippen molar-refractivity contribution in [3.8, 4) is 62.9 Å². The van der Waals surface area contributed by atoms with Crippen LogP contribution in [0.4, 0.5) is 0 Å². The molecule has 0 aliphatic carbocycles. The van der Waals surface area contributed by atoms with E-state index in [4.69, 9.17) is 18.9 Å². The molecule has 0 radical (unpaired) electrons. The van der Waals surface area contributed by atoms with Gasteiger partial charge < -0.3 is 75.1 Å². The van der Waals surface area contributed by atoms with Crippen LogP contribution in [-0.4, -0.2) is 111 Å². The van der Waals surface area contributed by atoms with Crippen molar-refractivity contribution in [3.05, 3.63) is 41.0 Å². The number of carbonyl (C=O) groups is 3. The highest BCUT2D eigenvalue weighted by Crippen LogP contribution is 2.50. The van der Waals surface area contributed by atoms with Crippen LogP contribution >= 0.6 is 0 Å². The van der Waals surface area contributed by atoms with Gasteiger partial charge in [0.2, 0.25) is 23.9 Å². The quantitative estimate of drug-likeness (QED) is 0.100. The minimum absolute atomic E-state index is 0.602. The lowest BCUT2D eigenvalue weighted by atomic mass is 9.91. The molecule has 0 aromatic heterocycles. The predicted octanol–water partition coefficient (Wildman–Crippen LogP) is -0.297. The molecule has 5 atom stereocenters. The van der Waals surface area contributed by atoms with Gasteiger partial charge in [0.05, 0.1) is 12.2 Å². The van der Waals surface area contributed by atoms with Crippen molar-refractivity contribution in [2.24, 2.45) is 0 Å². The zero-order valence-corrected chi connectivity index (χ0v) is 22.2. The van der Waals surface area contributed by atoms with Crippen molar-refractivity contribution in [1.29, 1.82) is 0 Å². The van der Waals surface area contributed by atoms with Crippen LogP contribution in [0.3, 0.4) is 0 Å². The molecular formula is C27H22O18. The van der Waals surface area contributed by atoms with Gasteiger partial charge in [0.25, 0.3) is 0 Å². The standard InChI is InChI=1S/C27H22O18/c28-5-13-19(36)22-23(27(42-13)45-24(39)6-1-9(29)16(33)10(30)2-6)44-26(41)15-8(4-12(32)18(35)21(15)38)7-3-11(31)17(34)20(37)14(7)25(40)43-22/h1-4,13,19,22-23,27-38H,5H2/t13-,19-,22+,23-,27+/m1/s1. The average molecular weight is 634 g/mol. The smallest absolute Gasteiger partial charge is 0.343 e. The Balaban J connectivity index is 1.69. The molecule has 3 aromatic carbocycles. The molecule has 2 aliphatic rings. The maximum absolute atomic E-state index is 13.6. The number of hydrogen-bond acceptors (Lipinski definition) is 18. The molecule has 3 aromatic rings. The van der Waals surface area contributed by atoms with Crippen molar-refractivity contribution in [3.63, 3.8) is 0 Å². The van der Waals surface area contributed by atoms with Crippen LogP contribution in [0.5, 0.6) is 51.7 Å². The molecule has 2 aliphatic heterocycles. The van der Waals surface area contributed by atoms with Crippen molar-refractivity contribution < 1.29 is 89.5 Å². The number of ether oxygens (including phenoxy) is 4. The van der Waals surface area contributed by atoms with E-state index >= 15 is 0 Å². The molecule has 18 heteroatoms. The Hall–Kier alpha value is -5.85. The fraction of sp³-hybridized carbons (Fsp3) is 0.222. The van der Waals surface area contributed by atoms with Gasteiger partial charge in [-0.05, 0) is 24.3 Å². The summed E-state index contributed by atoms with van der Waals surface area (Å²) in [5, 5.41) is 112.